The summed E-state index contributed by atoms with van der Waals surface area (Å²) < 4.78 is 10.0. The van der Waals surface area contributed by atoms with Gasteiger partial charge in [-0.3, -0.25) is 4.79 Å². The van der Waals surface area contributed by atoms with Crippen molar-refractivity contribution in [3.05, 3.63) is 0 Å². The van der Waals surface area contributed by atoms with E-state index in [-0.39, 0.29) is 5.91 Å². The third kappa shape index (κ3) is 4.20. The Morgan fingerprint density at radius 3 is 2.55 bits per heavy atom. The van der Waals surface area contributed by atoms with E-state index in [4.69, 9.17) is 4.74 Å². The van der Waals surface area contributed by atoms with E-state index in [1.165, 1.54) is 32.8 Å². The monoisotopic (exact) mass is 283 g/mol. The molecule has 0 aromatic carbocycles. The number of carbonyl (C=O) groups is 2. The van der Waals surface area contributed by atoms with Crippen LogP contribution in [0.4, 0.5) is 0 Å². The van der Waals surface area contributed by atoms with Gasteiger partial charge in [0.25, 0.3) is 0 Å². The quantitative estimate of drug-likeness (QED) is 0.585. The third-order valence-electron chi connectivity index (χ3n) is 4.32. The van der Waals surface area contributed by atoms with Crippen LogP contribution in [0.2, 0.25) is 0 Å². The molecule has 1 heterocycles. The van der Waals surface area contributed by atoms with Crippen LogP contribution in [-0.2, 0) is 19.1 Å². The number of methoxy groups -OCH3 is 1. The summed E-state index contributed by atoms with van der Waals surface area (Å²) in [5.74, 6) is 0.287. The van der Waals surface area contributed by atoms with Crippen molar-refractivity contribution < 1.29 is 19.1 Å². The second-order valence-corrected chi connectivity index (χ2v) is 5.78. The molecular formula is C15H25NO4. The van der Waals surface area contributed by atoms with E-state index in [1.807, 2.05) is 0 Å². The molecule has 0 spiro atoms. The smallest absolute Gasteiger partial charge is 0.336 e. The molecule has 1 saturated carbocycles. The predicted octanol–water partition coefficient (Wildman–Crippen LogP) is 1.75. The summed E-state index contributed by atoms with van der Waals surface area (Å²) in [4.78, 5) is 25.6. The predicted molar refractivity (Wildman–Crippen MR) is 74.1 cm³/mol. The number of rotatable bonds is 3. The minimum atomic E-state index is -0.619. The number of hydrogen-bond donors (Lipinski definition) is 0. The largest absolute Gasteiger partial charge is 0.467 e. The van der Waals surface area contributed by atoms with E-state index in [0.29, 0.717) is 32.0 Å². The molecule has 0 bridgehead atoms. The first-order valence-corrected chi connectivity index (χ1v) is 7.68. The molecule has 2 aliphatic rings. The van der Waals surface area contributed by atoms with Gasteiger partial charge >= 0.3 is 5.97 Å². The van der Waals surface area contributed by atoms with Gasteiger partial charge in [-0.2, -0.15) is 0 Å². The van der Waals surface area contributed by atoms with E-state index in [0.717, 1.165) is 12.8 Å². The normalized spacial score (nSPS) is 25.1. The second kappa shape index (κ2) is 7.62. The number of nitrogens with zero attached hydrogens (tertiary/aromatic N) is 1. The summed E-state index contributed by atoms with van der Waals surface area (Å²) in [6.07, 6.45) is 7.41. The van der Waals surface area contributed by atoms with Crippen molar-refractivity contribution in [2.75, 3.05) is 26.8 Å². The standard InChI is InChI=1S/C15H25NO4/c1-19-15(18)13-11-16(8-9-20-13)14(17)10-12-6-4-2-3-5-7-12/h12-13H,2-11H2,1H3. The lowest BCUT2D eigenvalue weighted by molar-refractivity contribution is -0.162. The summed E-state index contributed by atoms with van der Waals surface area (Å²) in [5, 5.41) is 0. The maximum atomic E-state index is 12.4. The lowest BCUT2D eigenvalue weighted by atomic mass is 9.96. The number of esters is 1. The molecule has 0 N–H and O–H groups in total. The molecule has 5 nitrogen and oxygen atoms in total. The van der Waals surface area contributed by atoms with Crippen molar-refractivity contribution in [1.29, 1.82) is 0 Å². The van der Waals surface area contributed by atoms with E-state index in [2.05, 4.69) is 4.74 Å². The molecule has 20 heavy (non-hydrogen) atoms. The van der Waals surface area contributed by atoms with Crippen molar-refractivity contribution in [1.82, 2.24) is 4.90 Å². The first-order valence-electron chi connectivity index (χ1n) is 7.68. The molecule has 1 aliphatic carbocycles. The van der Waals surface area contributed by atoms with E-state index >= 15 is 0 Å². The lowest BCUT2D eigenvalue weighted by Gasteiger charge is -2.32. The molecule has 0 aromatic heterocycles. The highest BCUT2D eigenvalue weighted by atomic mass is 16.6. The van der Waals surface area contributed by atoms with Crippen molar-refractivity contribution in [2.24, 2.45) is 5.92 Å². The molecule has 5 heteroatoms. The first-order chi connectivity index (χ1) is 9.70. The molecule has 1 atom stereocenters. The zero-order valence-electron chi connectivity index (χ0n) is 12.3. The Kier molecular flexibility index (Phi) is 5.83. The average molecular weight is 283 g/mol. The molecule has 0 aromatic rings. The average Bonchev–Trinajstić information content (AvgIpc) is 2.75. The molecule has 2 fully saturated rings. The molecular weight excluding hydrogens is 258 g/mol. The fourth-order valence-electron chi connectivity index (χ4n) is 3.09. The van der Waals surface area contributed by atoms with Crippen molar-refractivity contribution in [3.8, 4) is 0 Å². The van der Waals surface area contributed by atoms with E-state index in [9.17, 15) is 9.59 Å². The Morgan fingerprint density at radius 1 is 1.20 bits per heavy atom. The number of hydrogen-bond acceptors (Lipinski definition) is 4. The van der Waals surface area contributed by atoms with Gasteiger partial charge in [-0.05, 0) is 18.8 Å². The van der Waals surface area contributed by atoms with Gasteiger partial charge in [0.2, 0.25) is 5.91 Å². The van der Waals surface area contributed by atoms with E-state index in [1.54, 1.807) is 4.90 Å². The zero-order chi connectivity index (χ0) is 14.4. The fourth-order valence-corrected chi connectivity index (χ4v) is 3.09. The number of morpholine rings is 1. The van der Waals surface area contributed by atoms with Gasteiger partial charge in [0.1, 0.15) is 0 Å². The topological polar surface area (TPSA) is 55.8 Å². The highest BCUT2D eigenvalue weighted by molar-refractivity contribution is 5.79. The van der Waals surface area contributed by atoms with Crippen LogP contribution in [-0.4, -0.2) is 49.7 Å². The van der Waals surface area contributed by atoms with Gasteiger partial charge in [-0.25, -0.2) is 4.79 Å². The molecule has 1 amide bonds. The van der Waals surface area contributed by atoms with Gasteiger partial charge in [-0.1, -0.05) is 25.7 Å². The molecule has 114 valence electrons. The zero-order valence-corrected chi connectivity index (χ0v) is 12.3. The van der Waals surface area contributed by atoms with Gasteiger partial charge in [-0.15, -0.1) is 0 Å². The van der Waals surface area contributed by atoms with Crippen LogP contribution in [0.3, 0.4) is 0 Å². The van der Waals surface area contributed by atoms with Crippen LogP contribution < -0.4 is 0 Å². The molecule has 0 radical (unpaired) electrons. The Bertz CT molecular complexity index is 337. The molecule has 2 rings (SSSR count). The van der Waals surface area contributed by atoms with Gasteiger partial charge in [0, 0.05) is 13.0 Å². The van der Waals surface area contributed by atoms with Crippen LogP contribution in [0.1, 0.15) is 44.9 Å². The Morgan fingerprint density at radius 2 is 1.90 bits per heavy atom. The number of ether oxygens (including phenoxy) is 2. The highest BCUT2D eigenvalue weighted by Gasteiger charge is 2.30. The maximum absolute atomic E-state index is 12.4. The van der Waals surface area contributed by atoms with Crippen LogP contribution in [0.15, 0.2) is 0 Å². The number of carbonyl (C=O) groups excluding carboxylic acids is 2. The van der Waals surface area contributed by atoms with Gasteiger partial charge in [0.15, 0.2) is 6.10 Å². The third-order valence-corrected chi connectivity index (χ3v) is 4.32. The van der Waals surface area contributed by atoms with Crippen LogP contribution >= 0.6 is 0 Å². The molecule has 1 unspecified atom stereocenters. The summed E-state index contributed by atoms with van der Waals surface area (Å²) >= 11 is 0. The molecule has 1 saturated heterocycles. The lowest BCUT2D eigenvalue weighted by Crippen LogP contribution is -2.49. The Hall–Kier alpha value is -1.10. The van der Waals surface area contributed by atoms with Crippen molar-refractivity contribution in [2.45, 2.75) is 51.0 Å². The minimum Gasteiger partial charge on any atom is -0.467 e. The van der Waals surface area contributed by atoms with Crippen LogP contribution in [0.5, 0.6) is 0 Å². The summed E-state index contributed by atoms with van der Waals surface area (Å²) in [5.41, 5.74) is 0. The fraction of sp³-hybridized carbons (Fsp3) is 0.867. The summed E-state index contributed by atoms with van der Waals surface area (Å²) in [6.45, 7) is 1.33. The van der Waals surface area contributed by atoms with E-state index < -0.39 is 12.1 Å². The minimum absolute atomic E-state index is 0.161. The van der Waals surface area contributed by atoms with Crippen molar-refractivity contribution in [3.63, 3.8) is 0 Å². The van der Waals surface area contributed by atoms with Crippen molar-refractivity contribution >= 4 is 11.9 Å². The summed E-state index contributed by atoms with van der Waals surface area (Å²) in [6, 6.07) is 0. The summed E-state index contributed by atoms with van der Waals surface area (Å²) in [7, 11) is 1.35. The first kappa shape index (κ1) is 15.3. The Labute approximate surface area is 120 Å². The highest BCUT2D eigenvalue weighted by Crippen LogP contribution is 2.26. The van der Waals surface area contributed by atoms with Crippen LogP contribution in [0, 0.1) is 5.92 Å². The van der Waals surface area contributed by atoms with Gasteiger partial charge < -0.3 is 14.4 Å². The molecule has 1 aliphatic heterocycles. The maximum Gasteiger partial charge on any atom is 0.336 e. The Balaban J connectivity index is 1.83. The SMILES string of the molecule is COC(=O)C1CN(C(=O)CC2CCCCCC2)CCO1. The van der Waals surface area contributed by atoms with Gasteiger partial charge in [0.05, 0.1) is 20.3 Å². The second-order valence-electron chi connectivity index (χ2n) is 5.78. The number of amides is 1. The van der Waals surface area contributed by atoms with Crippen LogP contribution in [0.25, 0.3) is 0 Å².